The van der Waals surface area contributed by atoms with Gasteiger partial charge in [-0.05, 0) is 31.8 Å². The van der Waals surface area contributed by atoms with Crippen LogP contribution in [0.4, 0.5) is 0 Å². The molecule has 3 aliphatic rings. The maximum absolute atomic E-state index is 12.3. The highest BCUT2D eigenvalue weighted by molar-refractivity contribution is 6.11. The van der Waals surface area contributed by atoms with Crippen molar-refractivity contribution in [3.8, 4) is 5.88 Å². The fourth-order valence-corrected chi connectivity index (χ4v) is 4.12. The number of carbonyl (C=O) groups excluding carboxylic acids is 1. The molecule has 0 radical (unpaired) electrons. The summed E-state index contributed by atoms with van der Waals surface area (Å²) in [6, 6.07) is -0.202. The standard InChI is InChI=1S/C18H16N4O4/c1-26-15-10-3-2-4-12(10)21-8-9(19-18(21)20-15)7-11-13-5-6-14(17(24)25)22(13)16(11)23/h6-8,13H,2-5H2,1H3,(H,24,25). The molecule has 8 nitrogen and oxygen atoms in total. The first-order valence-electron chi connectivity index (χ1n) is 8.52. The Morgan fingerprint density at radius 3 is 3.00 bits per heavy atom. The molecule has 1 unspecified atom stereocenters. The number of carboxylic acid groups (broad SMARTS) is 1. The maximum Gasteiger partial charge on any atom is 0.352 e. The quantitative estimate of drug-likeness (QED) is 0.658. The number of nitrogens with zero attached hydrogens (tertiary/aromatic N) is 4. The topological polar surface area (TPSA) is 97.0 Å². The summed E-state index contributed by atoms with van der Waals surface area (Å²) < 4.78 is 7.36. The molecule has 2 aromatic rings. The van der Waals surface area contributed by atoms with E-state index in [1.54, 1.807) is 19.3 Å². The lowest BCUT2D eigenvalue weighted by atomic mass is 9.94. The Balaban J connectivity index is 1.53. The molecule has 4 heterocycles. The van der Waals surface area contributed by atoms with E-state index < -0.39 is 5.97 Å². The molecule has 1 fully saturated rings. The monoisotopic (exact) mass is 352 g/mol. The van der Waals surface area contributed by atoms with Crippen molar-refractivity contribution in [3.05, 3.63) is 40.5 Å². The van der Waals surface area contributed by atoms with Gasteiger partial charge in [-0.1, -0.05) is 6.08 Å². The fourth-order valence-electron chi connectivity index (χ4n) is 4.12. The maximum atomic E-state index is 12.3. The van der Waals surface area contributed by atoms with Crippen LogP contribution < -0.4 is 4.74 Å². The van der Waals surface area contributed by atoms with Gasteiger partial charge in [0.2, 0.25) is 11.7 Å². The minimum Gasteiger partial charge on any atom is -0.481 e. The molecule has 0 saturated carbocycles. The number of hydrogen-bond donors (Lipinski definition) is 1. The summed E-state index contributed by atoms with van der Waals surface area (Å²) in [5, 5.41) is 9.15. The Bertz CT molecular complexity index is 1050. The third kappa shape index (κ3) is 1.89. The molecule has 132 valence electrons. The molecular weight excluding hydrogens is 336 g/mol. The second kappa shape index (κ2) is 5.17. The highest BCUT2D eigenvalue weighted by Crippen LogP contribution is 2.39. The zero-order valence-electron chi connectivity index (χ0n) is 14.1. The van der Waals surface area contributed by atoms with Gasteiger partial charge in [0, 0.05) is 23.0 Å². The summed E-state index contributed by atoms with van der Waals surface area (Å²) in [6.45, 7) is 0. The van der Waals surface area contributed by atoms with Gasteiger partial charge in [-0.3, -0.25) is 14.1 Å². The van der Waals surface area contributed by atoms with Crippen molar-refractivity contribution >= 4 is 23.7 Å². The Hall–Kier alpha value is -3.16. The number of carboxylic acids is 1. The molecule has 2 aromatic heterocycles. The number of imidazole rings is 1. The highest BCUT2D eigenvalue weighted by atomic mass is 16.5. The minimum atomic E-state index is -1.07. The predicted molar refractivity (Wildman–Crippen MR) is 90.5 cm³/mol. The summed E-state index contributed by atoms with van der Waals surface area (Å²) in [4.78, 5) is 33.8. The van der Waals surface area contributed by atoms with Crippen molar-refractivity contribution in [2.45, 2.75) is 31.7 Å². The average Bonchev–Trinajstić information content (AvgIpc) is 3.33. The van der Waals surface area contributed by atoms with Crippen molar-refractivity contribution < 1.29 is 19.4 Å². The van der Waals surface area contributed by atoms with E-state index in [4.69, 9.17) is 9.84 Å². The minimum absolute atomic E-state index is 0.0661. The van der Waals surface area contributed by atoms with E-state index in [0.29, 0.717) is 29.3 Å². The first-order valence-corrected chi connectivity index (χ1v) is 8.52. The average molecular weight is 352 g/mol. The van der Waals surface area contributed by atoms with E-state index in [1.165, 1.54) is 4.90 Å². The van der Waals surface area contributed by atoms with Gasteiger partial charge in [-0.15, -0.1) is 0 Å². The van der Waals surface area contributed by atoms with Crippen LogP contribution in [0.1, 0.15) is 29.8 Å². The molecule has 1 N–H and O–H groups in total. The van der Waals surface area contributed by atoms with Crippen LogP contribution in [-0.4, -0.2) is 49.4 Å². The predicted octanol–water partition coefficient (Wildman–Crippen LogP) is 1.19. The Morgan fingerprint density at radius 2 is 2.23 bits per heavy atom. The summed E-state index contributed by atoms with van der Waals surface area (Å²) in [5.41, 5.74) is 3.57. The molecule has 26 heavy (non-hydrogen) atoms. The zero-order chi connectivity index (χ0) is 18.0. The molecule has 0 aromatic carbocycles. The van der Waals surface area contributed by atoms with Crippen molar-refractivity contribution in [3.63, 3.8) is 0 Å². The van der Waals surface area contributed by atoms with Crippen molar-refractivity contribution in [2.24, 2.45) is 0 Å². The smallest absolute Gasteiger partial charge is 0.352 e. The lowest BCUT2D eigenvalue weighted by Crippen LogP contribution is -2.52. The summed E-state index contributed by atoms with van der Waals surface area (Å²) >= 11 is 0. The van der Waals surface area contributed by atoms with Crippen LogP contribution in [0.3, 0.4) is 0 Å². The van der Waals surface area contributed by atoms with Crippen LogP contribution in [-0.2, 0) is 22.4 Å². The van der Waals surface area contributed by atoms with Crippen LogP contribution in [0, 0.1) is 0 Å². The molecule has 0 bridgehead atoms. The van der Waals surface area contributed by atoms with Gasteiger partial charge in [-0.25, -0.2) is 9.78 Å². The van der Waals surface area contributed by atoms with Gasteiger partial charge in [-0.2, -0.15) is 4.98 Å². The van der Waals surface area contributed by atoms with Crippen LogP contribution >= 0.6 is 0 Å². The molecular formula is C18H16N4O4. The number of rotatable bonds is 3. The van der Waals surface area contributed by atoms with Crippen LogP contribution in [0.15, 0.2) is 23.5 Å². The van der Waals surface area contributed by atoms with Crippen molar-refractivity contribution in [1.82, 2.24) is 19.3 Å². The Kier molecular flexibility index (Phi) is 3.01. The lowest BCUT2D eigenvalue weighted by molar-refractivity contribution is -0.142. The molecule has 1 atom stereocenters. The molecule has 1 aliphatic carbocycles. The second-order valence-corrected chi connectivity index (χ2v) is 6.66. The number of aryl methyl sites for hydroxylation is 1. The number of methoxy groups -OCH3 is 1. The van der Waals surface area contributed by atoms with Gasteiger partial charge in [0.05, 0.1) is 18.8 Å². The molecule has 0 spiro atoms. The number of β-lactam (4-membered cyclic amide) rings is 1. The van der Waals surface area contributed by atoms with Gasteiger partial charge >= 0.3 is 5.97 Å². The number of carbonyl (C=O) groups is 2. The number of fused-ring (bicyclic) bond motifs is 4. The summed E-state index contributed by atoms with van der Waals surface area (Å²) in [6.07, 6.45) is 8.68. The van der Waals surface area contributed by atoms with Gasteiger partial charge in [0.25, 0.3) is 5.91 Å². The molecule has 8 heteroatoms. The number of aliphatic carboxylic acids is 1. The number of amides is 1. The first-order chi connectivity index (χ1) is 12.6. The summed E-state index contributed by atoms with van der Waals surface area (Å²) in [5.74, 6) is -0.172. The first kappa shape index (κ1) is 15.1. The molecule has 1 saturated heterocycles. The highest BCUT2D eigenvalue weighted by Gasteiger charge is 2.48. The fraction of sp³-hybridized carbons (Fsp3) is 0.333. The number of hydrogen-bond acceptors (Lipinski definition) is 5. The van der Waals surface area contributed by atoms with Crippen LogP contribution in [0.5, 0.6) is 5.88 Å². The van der Waals surface area contributed by atoms with Crippen LogP contribution in [0.2, 0.25) is 0 Å². The van der Waals surface area contributed by atoms with E-state index >= 15 is 0 Å². The van der Waals surface area contributed by atoms with E-state index in [2.05, 4.69) is 9.97 Å². The van der Waals surface area contributed by atoms with Crippen molar-refractivity contribution in [2.75, 3.05) is 7.11 Å². The lowest BCUT2D eigenvalue weighted by Gasteiger charge is -2.38. The molecule has 5 rings (SSSR count). The van der Waals surface area contributed by atoms with E-state index in [9.17, 15) is 9.59 Å². The second-order valence-electron chi connectivity index (χ2n) is 6.66. The van der Waals surface area contributed by atoms with Crippen molar-refractivity contribution in [1.29, 1.82) is 0 Å². The SMILES string of the molecule is COc1nc2nc(C=C3C(=O)N4C(C(=O)O)=CCC34)cn2c2c1CCC2. The zero-order valence-corrected chi connectivity index (χ0v) is 14.1. The van der Waals surface area contributed by atoms with E-state index in [0.717, 1.165) is 30.5 Å². The molecule has 1 amide bonds. The Morgan fingerprint density at radius 1 is 1.38 bits per heavy atom. The van der Waals surface area contributed by atoms with Gasteiger partial charge < -0.3 is 9.84 Å². The van der Waals surface area contributed by atoms with E-state index in [1.807, 2.05) is 10.6 Å². The van der Waals surface area contributed by atoms with Gasteiger partial charge in [0.15, 0.2) is 0 Å². The summed E-state index contributed by atoms with van der Waals surface area (Å²) in [7, 11) is 1.61. The molecule has 2 aliphatic heterocycles. The number of ether oxygens (including phenoxy) is 1. The Labute approximate surface area is 148 Å². The van der Waals surface area contributed by atoms with Gasteiger partial charge in [0.1, 0.15) is 5.70 Å². The largest absolute Gasteiger partial charge is 0.481 e. The normalized spacial score (nSPS) is 22.4. The third-order valence-corrected chi connectivity index (χ3v) is 5.29. The van der Waals surface area contributed by atoms with E-state index in [-0.39, 0.29) is 17.6 Å². The van der Waals surface area contributed by atoms with Crippen LogP contribution in [0.25, 0.3) is 11.9 Å². The third-order valence-electron chi connectivity index (χ3n) is 5.29. The number of aromatic nitrogens is 3.